The predicted octanol–water partition coefficient (Wildman–Crippen LogP) is 0.172. The normalized spacial score (nSPS) is 13.6. The van der Waals surface area contributed by atoms with Gasteiger partial charge in [0.05, 0.1) is 18.9 Å². The molecule has 0 spiro atoms. The number of amides is 4. The molecule has 0 fully saturated rings. The van der Waals surface area contributed by atoms with Crippen LogP contribution in [0.3, 0.4) is 0 Å². The Hall–Kier alpha value is -5.24. The highest BCUT2D eigenvalue weighted by molar-refractivity contribution is 5.94. The van der Waals surface area contributed by atoms with E-state index in [4.69, 9.17) is 5.73 Å². The van der Waals surface area contributed by atoms with Gasteiger partial charge in [0.15, 0.2) is 0 Å². The van der Waals surface area contributed by atoms with E-state index in [0.29, 0.717) is 11.3 Å². The van der Waals surface area contributed by atoms with E-state index in [1.807, 2.05) is 13.8 Å². The van der Waals surface area contributed by atoms with Crippen LogP contribution in [-0.4, -0.2) is 80.5 Å². The van der Waals surface area contributed by atoms with Gasteiger partial charge in [-0.3, -0.25) is 19.2 Å². The lowest BCUT2D eigenvalue weighted by Gasteiger charge is -2.23. The number of carbonyl (C=O) groups excluding carboxylic acids is 4. The van der Waals surface area contributed by atoms with Crippen molar-refractivity contribution < 1.29 is 34.2 Å². The maximum Gasteiger partial charge on any atom is 0.326 e. The second kappa shape index (κ2) is 17.3. The summed E-state index contributed by atoms with van der Waals surface area (Å²) in [5.41, 5.74) is 8.08. The van der Waals surface area contributed by atoms with Crippen LogP contribution in [-0.2, 0) is 43.2 Å². The maximum absolute atomic E-state index is 13.2. The van der Waals surface area contributed by atoms with Gasteiger partial charge in [-0.2, -0.15) is 0 Å². The Labute approximate surface area is 266 Å². The highest BCUT2D eigenvalue weighted by Crippen LogP contribution is 2.11. The summed E-state index contributed by atoms with van der Waals surface area (Å²) < 4.78 is 0. The van der Waals surface area contributed by atoms with Crippen molar-refractivity contribution in [3.8, 4) is 5.75 Å². The van der Waals surface area contributed by atoms with Gasteiger partial charge in [-0.1, -0.05) is 56.3 Å². The average molecular weight is 636 g/mol. The number of carboxylic acid groups (broad SMARTS) is 1. The Balaban J connectivity index is 1.66. The number of nitrogens with zero attached hydrogens (tertiary/aromatic N) is 1. The number of imidazole rings is 1. The predicted molar refractivity (Wildman–Crippen MR) is 168 cm³/mol. The molecule has 0 saturated heterocycles. The Morgan fingerprint density at radius 3 is 2.04 bits per heavy atom. The molecule has 1 heterocycles. The van der Waals surface area contributed by atoms with E-state index in [9.17, 15) is 34.2 Å². The number of hydrogen-bond acceptors (Lipinski definition) is 8. The van der Waals surface area contributed by atoms with Crippen LogP contribution < -0.4 is 27.0 Å². The number of aromatic nitrogens is 2. The van der Waals surface area contributed by atoms with Crippen molar-refractivity contribution in [1.29, 1.82) is 0 Å². The number of aromatic amines is 1. The molecule has 3 aromatic rings. The first-order valence-corrected chi connectivity index (χ1v) is 14.9. The van der Waals surface area contributed by atoms with Gasteiger partial charge in [-0.15, -0.1) is 0 Å². The number of nitrogens with two attached hydrogens (primary N) is 1. The van der Waals surface area contributed by atoms with Crippen molar-refractivity contribution in [2.45, 2.75) is 63.7 Å². The third kappa shape index (κ3) is 11.7. The Morgan fingerprint density at radius 2 is 1.43 bits per heavy atom. The maximum atomic E-state index is 13.2. The fraction of sp³-hybridized carbons (Fsp3) is 0.375. The number of H-pyrrole nitrogens is 1. The highest BCUT2D eigenvalue weighted by Gasteiger charge is 2.29. The summed E-state index contributed by atoms with van der Waals surface area (Å²) >= 11 is 0. The van der Waals surface area contributed by atoms with Gasteiger partial charge in [0, 0.05) is 24.7 Å². The molecule has 9 N–H and O–H groups in total. The van der Waals surface area contributed by atoms with Crippen LogP contribution in [0.25, 0.3) is 0 Å². The van der Waals surface area contributed by atoms with Crippen molar-refractivity contribution in [3.05, 3.63) is 83.9 Å². The second-order valence-corrected chi connectivity index (χ2v) is 11.4. The van der Waals surface area contributed by atoms with Gasteiger partial charge >= 0.3 is 5.97 Å². The summed E-state index contributed by atoms with van der Waals surface area (Å²) in [4.78, 5) is 70.9. The minimum Gasteiger partial charge on any atom is -0.508 e. The highest BCUT2D eigenvalue weighted by atomic mass is 16.4. The second-order valence-electron chi connectivity index (χ2n) is 11.4. The van der Waals surface area contributed by atoms with E-state index < -0.39 is 60.3 Å². The number of rotatable bonds is 17. The molecule has 4 amide bonds. The average Bonchev–Trinajstić information content (AvgIpc) is 3.53. The first-order valence-electron chi connectivity index (χ1n) is 14.9. The van der Waals surface area contributed by atoms with Crippen LogP contribution >= 0.6 is 0 Å². The molecule has 1 aromatic heterocycles. The van der Waals surface area contributed by atoms with Crippen LogP contribution in [0.5, 0.6) is 5.75 Å². The number of carbonyl (C=O) groups is 5. The van der Waals surface area contributed by atoms with Crippen LogP contribution in [0.2, 0.25) is 0 Å². The number of phenolic OH excluding ortho intramolecular Hbond substituents is 1. The summed E-state index contributed by atoms with van der Waals surface area (Å²) in [6.07, 6.45) is 3.37. The van der Waals surface area contributed by atoms with E-state index >= 15 is 0 Å². The molecule has 0 radical (unpaired) electrons. The number of carboxylic acids is 1. The first kappa shape index (κ1) is 35.2. The lowest BCUT2D eigenvalue weighted by atomic mass is 10.0. The van der Waals surface area contributed by atoms with Crippen LogP contribution in [0, 0.1) is 5.92 Å². The molecular formula is C32H41N7O7. The Morgan fingerprint density at radius 1 is 0.804 bits per heavy atom. The Kier molecular flexibility index (Phi) is 13.3. The summed E-state index contributed by atoms with van der Waals surface area (Å²) in [6, 6.07) is 10.7. The number of aliphatic carboxylic acids is 1. The van der Waals surface area contributed by atoms with Crippen molar-refractivity contribution in [2.75, 3.05) is 6.54 Å². The monoisotopic (exact) mass is 635 g/mol. The van der Waals surface area contributed by atoms with E-state index in [-0.39, 0.29) is 37.4 Å². The van der Waals surface area contributed by atoms with Gasteiger partial charge in [-0.25, -0.2) is 9.78 Å². The quantitative estimate of drug-likeness (QED) is 0.101. The number of benzene rings is 2. The van der Waals surface area contributed by atoms with Gasteiger partial charge in [-0.05, 0) is 42.0 Å². The van der Waals surface area contributed by atoms with Crippen molar-refractivity contribution in [2.24, 2.45) is 11.7 Å². The molecule has 2 aromatic carbocycles. The summed E-state index contributed by atoms with van der Waals surface area (Å²) in [7, 11) is 0. The molecule has 3 rings (SSSR count). The number of aromatic hydroxyl groups is 1. The number of nitrogens with one attached hydrogen (secondary N) is 5. The van der Waals surface area contributed by atoms with Crippen molar-refractivity contribution in [1.82, 2.24) is 31.2 Å². The minimum atomic E-state index is -1.19. The van der Waals surface area contributed by atoms with Crippen LogP contribution in [0.4, 0.5) is 0 Å². The molecule has 246 valence electrons. The first-order chi connectivity index (χ1) is 21.9. The minimum absolute atomic E-state index is 0.00340. The zero-order valence-corrected chi connectivity index (χ0v) is 25.7. The molecule has 4 atom stereocenters. The third-order valence-electron chi connectivity index (χ3n) is 7.02. The lowest BCUT2D eigenvalue weighted by molar-refractivity contribution is -0.142. The fourth-order valence-electron chi connectivity index (χ4n) is 4.64. The zero-order chi connectivity index (χ0) is 33.6. The molecule has 0 saturated carbocycles. The summed E-state index contributed by atoms with van der Waals surface area (Å²) in [5, 5.41) is 29.3. The molecular weight excluding hydrogens is 594 g/mol. The molecule has 0 aliphatic heterocycles. The van der Waals surface area contributed by atoms with Crippen molar-refractivity contribution >= 4 is 29.6 Å². The Bertz CT molecular complexity index is 1450. The zero-order valence-electron chi connectivity index (χ0n) is 25.7. The molecule has 0 aliphatic rings. The lowest BCUT2D eigenvalue weighted by Crippen LogP contribution is -2.56. The molecule has 0 bridgehead atoms. The molecule has 14 nitrogen and oxygen atoms in total. The van der Waals surface area contributed by atoms with Crippen molar-refractivity contribution in [3.63, 3.8) is 0 Å². The SMILES string of the molecule is CC(C)CC(NC(=O)C(Cc1ccccc1)NC(=O)CNC(=O)C(Cc1cnc[nH]1)NC(=O)C(N)Cc1ccc(O)cc1)C(=O)O. The number of phenols is 1. The fourth-order valence-corrected chi connectivity index (χ4v) is 4.64. The number of hydrogen-bond donors (Lipinski definition) is 8. The largest absolute Gasteiger partial charge is 0.508 e. The summed E-state index contributed by atoms with van der Waals surface area (Å²) in [5.74, 6) is -3.78. The van der Waals surface area contributed by atoms with Crippen LogP contribution in [0.1, 0.15) is 37.1 Å². The third-order valence-corrected chi connectivity index (χ3v) is 7.02. The van der Waals surface area contributed by atoms with E-state index in [2.05, 4.69) is 31.2 Å². The summed E-state index contributed by atoms with van der Waals surface area (Å²) in [6.45, 7) is 3.14. The standard InChI is InChI=1S/C32H41N7O7/c1-19(2)12-27(32(45)46)39-31(44)25(14-20-6-4-3-5-7-20)37-28(41)17-35-30(43)26(15-22-16-34-18-36-22)38-29(42)24(33)13-21-8-10-23(40)11-9-21/h3-11,16,18-19,24-27,40H,12-15,17,33H2,1-2H3,(H,34,36)(H,35,43)(H,37,41)(H,38,42)(H,39,44)(H,45,46). The van der Waals surface area contributed by atoms with Gasteiger partial charge < -0.3 is 42.2 Å². The van der Waals surface area contributed by atoms with E-state index in [0.717, 1.165) is 5.56 Å². The van der Waals surface area contributed by atoms with Gasteiger partial charge in [0.2, 0.25) is 23.6 Å². The topological polar surface area (TPSA) is 229 Å². The molecule has 14 heteroatoms. The van der Waals surface area contributed by atoms with Gasteiger partial charge in [0.25, 0.3) is 0 Å². The molecule has 0 aliphatic carbocycles. The van der Waals surface area contributed by atoms with Gasteiger partial charge in [0.1, 0.15) is 23.9 Å². The van der Waals surface area contributed by atoms with Crippen LogP contribution in [0.15, 0.2) is 67.1 Å². The molecule has 46 heavy (non-hydrogen) atoms. The van der Waals surface area contributed by atoms with E-state index in [1.165, 1.54) is 24.7 Å². The smallest absolute Gasteiger partial charge is 0.326 e. The van der Waals surface area contributed by atoms with E-state index in [1.54, 1.807) is 42.5 Å². The molecule has 4 unspecified atom stereocenters.